The summed E-state index contributed by atoms with van der Waals surface area (Å²) in [5.41, 5.74) is 0.911. The Morgan fingerprint density at radius 2 is 2.40 bits per heavy atom. The predicted molar refractivity (Wildman–Crippen MR) is 41.8 cm³/mol. The molecule has 0 bridgehead atoms. The number of anilines is 1. The molecule has 1 aromatic heterocycles. The van der Waals surface area contributed by atoms with Crippen molar-refractivity contribution in [2.45, 2.75) is 19.9 Å². The van der Waals surface area contributed by atoms with E-state index >= 15 is 0 Å². The van der Waals surface area contributed by atoms with Crippen LogP contribution in [0.15, 0.2) is 6.20 Å². The fraction of sp³-hybridized carbons (Fsp3) is 0.429. The fourth-order valence-corrected chi connectivity index (χ4v) is 0.713. The van der Waals surface area contributed by atoms with Gasteiger partial charge in [0.05, 0.1) is 0 Å². The first-order valence-corrected chi connectivity index (χ1v) is 3.32. The molecule has 0 aliphatic heterocycles. The minimum Gasteiger partial charge on any atom is -0.366 e. The van der Waals surface area contributed by atoms with Crippen LogP contribution in [-0.4, -0.2) is 16.2 Å². The molecule has 55 valence electrons. The van der Waals surface area contributed by atoms with Crippen LogP contribution in [0, 0.1) is 6.92 Å². The van der Waals surface area contributed by atoms with Crippen molar-refractivity contribution < 1.29 is 0 Å². The monoisotopic (exact) mass is 138 g/mol. The predicted octanol–water partition coefficient (Wildman–Crippen LogP) is 1.41. The molecule has 0 unspecified atom stereocenters. The van der Waals surface area contributed by atoms with E-state index in [0.29, 0.717) is 6.04 Å². The van der Waals surface area contributed by atoms with Crippen molar-refractivity contribution in [2.24, 2.45) is 0 Å². The molecular formula is C7H12N3. The molecule has 1 radical (unpaired) electrons. The Balaban J connectivity index is 2.65. The quantitative estimate of drug-likeness (QED) is 0.648. The number of aromatic amines is 1. The van der Waals surface area contributed by atoms with E-state index in [4.69, 9.17) is 0 Å². The van der Waals surface area contributed by atoms with Crippen LogP contribution in [0.1, 0.15) is 19.4 Å². The lowest BCUT2D eigenvalue weighted by Crippen LogP contribution is -2.10. The maximum Gasteiger partial charge on any atom is 0.151 e. The van der Waals surface area contributed by atoms with Crippen LogP contribution in [0.4, 0.5) is 5.82 Å². The Kier molecular flexibility index (Phi) is 1.94. The van der Waals surface area contributed by atoms with E-state index in [1.165, 1.54) is 0 Å². The molecule has 0 saturated carbocycles. The third-order valence-corrected chi connectivity index (χ3v) is 1.14. The Hall–Kier alpha value is -0.990. The van der Waals surface area contributed by atoms with E-state index < -0.39 is 0 Å². The van der Waals surface area contributed by atoms with Crippen LogP contribution < -0.4 is 5.32 Å². The van der Waals surface area contributed by atoms with Crippen molar-refractivity contribution in [1.82, 2.24) is 10.2 Å². The molecule has 0 aliphatic carbocycles. The first kappa shape index (κ1) is 7.12. The smallest absolute Gasteiger partial charge is 0.151 e. The highest BCUT2D eigenvalue weighted by Crippen LogP contribution is 2.08. The van der Waals surface area contributed by atoms with Crippen molar-refractivity contribution >= 4 is 5.82 Å². The summed E-state index contributed by atoms with van der Waals surface area (Å²) in [6.07, 6.45) is 1.77. The van der Waals surface area contributed by atoms with Crippen LogP contribution in [0.25, 0.3) is 0 Å². The third kappa shape index (κ3) is 1.50. The van der Waals surface area contributed by atoms with Gasteiger partial charge in [-0.05, 0) is 20.8 Å². The molecule has 1 heterocycles. The van der Waals surface area contributed by atoms with Gasteiger partial charge in [0.2, 0.25) is 0 Å². The molecule has 10 heavy (non-hydrogen) atoms. The number of hydrogen-bond donors (Lipinski definition) is 2. The minimum atomic E-state index is 0.406. The number of H-pyrrole nitrogens is 1. The van der Waals surface area contributed by atoms with E-state index in [1.807, 2.05) is 0 Å². The highest BCUT2D eigenvalue weighted by atomic mass is 15.2. The zero-order chi connectivity index (χ0) is 7.56. The first-order chi connectivity index (χ1) is 4.70. The molecule has 0 spiro atoms. The summed E-state index contributed by atoms with van der Waals surface area (Å²) < 4.78 is 0. The summed E-state index contributed by atoms with van der Waals surface area (Å²) in [7, 11) is 0. The lowest BCUT2D eigenvalue weighted by Gasteiger charge is -2.05. The first-order valence-electron chi connectivity index (χ1n) is 3.32. The van der Waals surface area contributed by atoms with Crippen LogP contribution in [0.5, 0.6) is 0 Å². The Labute approximate surface area is 60.8 Å². The summed E-state index contributed by atoms with van der Waals surface area (Å²) in [4.78, 5) is 0. The van der Waals surface area contributed by atoms with Gasteiger partial charge in [-0.15, -0.1) is 0 Å². The molecule has 3 nitrogen and oxygen atoms in total. The second-order valence-electron chi connectivity index (χ2n) is 2.56. The maximum absolute atomic E-state index is 3.96. The second-order valence-corrected chi connectivity index (χ2v) is 2.56. The molecule has 1 aromatic rings. The van der Waals surface area contributed by atoms with Crippen LogP contribution in [0.3, 0.4) is 0 Å². The molecule has 0 amide bonds. The zero-order valence-corrected chi connectivity index (χ0v) is 6.31. The van der Waals surface area contributed by atoms with Crippen LogP contribution in [-0.2, 0) is 0 Å². The SMILES string of the molecule is [CH2]c1c[nH]nc1NC(C)C. The van der Waals surface area contributed by atoms with Gasteiger partial charge in [0.1, 0.15) is 0 Å². The van der Waals surface area contributed by atoms with Gasteiger partial charge >= 0.3 is 0 Å². The zero-order valence-electron chi connectivity index (χ0n) is 6.31. The molecule has 0 aliphatic rings. The topological polar surface area (TPSA) is 40.7 Å². The Morgan fingerprint density at radius 3 is 2.80 bits per heavy atom. The molecule has 1 rings (SSSR count). The number of aromatic nitrogens is 2. The van der Waals surface area contributed by atoms with Crippen molar-refractivity contribution in [1.29, 1.82) is 0 Å². The molecule has 0 atom stereocenters. The molecular weight excluding hydrogens is 126 g/mol. The summed E-state index contributed by atoms with van der Waals surface area (Å²) in [6, 6.07) is 0.406. The Bertz CT molecular complexity index is 202. The standard InChI is InChI=1S/C7H12N3/c1-5(2)9-7-6(3)4-8-10-7/h4-5H,3H2,1-2H3,(H2,8,9,10). The number of hydrogen-bond acceptors (Lipinski definition) is 2. The number of nitrogens with one attached hydrogen (secondary N) is 2. The van der Waals surface area contributed by atoms with Crippen LogP contribution >= 0.6 is 0 Å². The summed E-state index contributed by atoms with van der Waals surface area (Å²) in [6.45, 7) is 7.90. The van der Waals surface area contributed by atoms with Crippen molar-refractivity contribution in [2.75, 3.05) is 5.32 Å². The van der Waals surface area contributed by atoms with Gasteiger partial charge < -0.3 is 5.32 Å². The fourth-order valence-electron chi connectivity index (χ4n) is 0.713. The molecule has 0 aromatic carbocycles. The number of rotatable bonds is 2. The van der Waals surface area contributed by atoms with E-state index in [1.54, 1.807) is 6.20 Å². The van der Waals surface area contributed by atoms with Gasteiger partial charge in [-0.3, -0.25) is 5.10 Å². The summed E-state index contributed by atoms with van der Waals surface area (Å²) in [5, 5.41) is 9.83. The third-order valence-electron chi connectivity index (χ3n) is 1.14. The van der Waals surface area contributed by atoms with Crippen molar-refractivity contribution in [3.05, 3.63) is 18.7 Å². The highest BCUT2D eigenvalue weighted by molar-refractivity contribution is 5.44. The average Bonchev–Trinajstić information content (AvgIpc) is 2.15. The maximum atomic E-state index is 3.96. The largest absolute Gasteiger partial charge is 0.366 e. The van der Waals surface area contributed by atoms with E-state index in [-0.39, 0.29) is 0 Å². The van der Waals surface area contributed by atoms with Gasteiger partial charge in [-0.2, -0.15) is 5.10 Å². The lowest BCUT2D eigenvalue weighted by molar-refractivity contribution is 0.883. The van der Waals surface area contributed by atoms with Crippen LogP contribution in [0.2, 0.25) is 0 Å². The van der Waals surface area contributed by atoms with E-state index in [0.717, 1.165) is 11.4 Å². The van der Waals surface area contributed by atoms with Gasteiger partial charge in [-0.25, -0.2) is 0 Å². The molecule has 3 heteroatoms. The normalized spacial score (nSPS) is 10.4. The summed E-state index contributed by atoms with van der Waals surface area (Å²) >= 11 is 0. The number of nitrogens with zero attached hydrogens (tertiary/aromatic N) is 1. The lowest BCUT2D eigenvalue weighted by atomic mass is 10.3. The van der Waals surface area contributed by atoms with Crippen molar-refractivity contribution in [3.8, 4) is 0 Å². The van der Waals surface area contributed by atoms with Gasteiger partial charge in [0.15, 0.2) is 5.82 Å². The van der Waals surface area contributed by atoms with Gasteiger partial charge in [0.25, 0.3) is 0 Å². The minimum absolute atomic E-state index is 0.406. The van der Waals surface area contributed by atoms with Gasteiger partial charge in [-0.1, -0.05) is 0 Å². The molecule has 0 fully saturated rings. The van der Waals surface area contributed by atoms with E-state index in [2.05, 4.69) is 36.3 Å². The van der Waals surface area contributed by atoms with E-state index in [9.17, 15) is 0 Å². The van der Waals surface area contributed by atoms with Crippen molar-refractivity contribution in [3.63, 3.8) is 0 Å². The second kappa shape index (κ2) is 2.73. The molecule has 2 N–H and O–H groups in total. The Morgan fingerprint density at radius 1 is 1.70 bits per heavy atom. The van der Waals surface area contributed by atoms with Gasteiger partial charge in [0, 0.05) is 17.8 Å². The highest BCUT2D eigenvalue weighted by Gasteiger charge is 2.00. The average molecular weight is 138 g/mol. The summed E-state index contributed by atoms with van der Waals surface area (Å²) in [5.74, 6) is 0.843. The molecule has 0 saturated heterocycles.